The van der Waals surface area contributed by atoms with E-state index >= 15 is 0 Å². The third kappa shape index (κ3) is 5.73. The van der Waals surface area contributed by atoms with Crippen LogP contribution in [0.25, 0.3) is 0 Å². The molecule has 24 heavy (non-hydrogen) atoms. The zero-order chi connectivity index (χ0) is 16.8. The van der Waals surface area contributed by atoms with Crippen molar-refractivity contribution in [2.45, 2.75) is 47.1 Å². The van der Waals surface area contributed by atoms with Crippen LogP contribution in [0.1, 0.15) is 39.0 Å². The van der Waals surface area contributed by atoms with Gasteiger partial charge in [0.25, 0.3) is 0 Å². The van der Waals surface area contributed by atoms with E-state index in [4.69, 9.17) is 4.52 Å². The lowest BCUT2D eigenvalue weighted by atomic mass is 10.1. The first-order chi connectivity index (χ1) is 11.0. The number of nitrogens with zero attached hydrogens (tertiary/aromatic N) is 3. The zero-order valence-corrected chi connectivity index (χ0v) is 18.0. The summed E-state index contributed by atoms with van der Waals surface area (Å²) in [5.41, 5.74) is 3.29. The van der Waals surface area contributed by atoms with Gasteiger partial charge in [0.15, 0.2) is 5.96 Å². The van der Waals surface area contributed by atoms with Crippen LogP contribution in [0.15, 0.2) is 9.52 Å². The van der Waals surface area contributed by atoms with Crippen LogP contribution in [0.2, 0.25) is 0 Å². The fraction of sp³-hybridized carbons (Fsp3) is 0.562. The van der Waals surface area contributed by atoms with Crippen LogP contribution in [0.3, 0.4) is 0 Å². The second-order valence-corrected chi connectivity index (χ2v) is 6.79. The molecule has 6 nitrogen and oxygen atoms in total. The van der Waals surface area contributed by atoms with Crippen LogP contribution < -0.4 is 10.6 Å². The average molecular weight is 463 g/mol. The molecule has 2 aromatic rings. The van der Waals surface area contributed by atoms with Crippen molar-refractivity contribution in [1.82, 2.24) is 20.8 Å². The van der Waals surface area contributed by atoms with Crippen molar-refractivity contribution >= 4 is 41.3 Å². The number of rotatable bonds is 6. The lowest BCUT2D eigenvalue weighted by Gasteiger charge is -2.11. The van der Waals surface area contributed by atoms with E-state index in [0.29, 0.717) is 0 Å². The van der Waals surface area contributed by atoms with Crippen molar-refractivity contribution in [1.29, 1.82) is 0 Å². The molecular formula is C16H26IN5OS. The molecule has 0 amide bonds. The van der Waals surface area contributed by atoms with Crippen molar-refractivity contribution in [3.05, 3.63) is 32.6 Å². The summed E-state index contributed by atoms with van der Waals surface area (Å²) in [6, 6.07) is 0. The maximum Gasteiger partial charge on any atom is 0.191 e. The third-order valence-electron chi connectivity index (χ3n) is 3.72. The van der Waals surface area contributed by atoms with Crippen LogP contribution in [0.5, 0.6) is 0 Å². The normalized spacial score (nSPS) is 11.3. The maximum atomic E-state index is 5.18. The van der Waals surface area contributed by atoms with Gasteiger partial charge in [0.05, 0.1) is 22.9 Å². The number of hydrogen-bond donors (Lipinski definition) is 2. The number of hydrogen-bond acceptors (Lipinski definition) is 5. The highest BCUT2D eigenvalue weighted by Crippen LogP contribution is 2.16. The average Bonchev–Trinajstić information content (AvgIpc) is 3.01. The minimum atomic E-state index is 0. The van der Waals surface area contributed by atoms with E-state index in [1.165, 1.54) is 10.4 Å². The minimum absolute atomic E-state index is 0. The topological polar surface area (TPSA) is 75.3 Å². The Balaban J connectivity index is 0.00000288. The van der Waals surface area contributed by atoms with Gasteiger partial charge < -0.3 is 15.2 Å². The number of aliphatic imine (C=N–C) groups is 1. The Hall–Kier alpha value is -1.16. The Morgan fingerprint density at radius 2 is 1.92 bits per heavy atom. The standard InChI is InChI=1S/C16H25N5OS.HI/c1-10-14(12(3)22-21-10)7-6-8-18-16(17-5)19-9-15-11(2)20-13(4)23-15;/h6-9H2,1-5H3,(H2,17,18,19);1H. The van der Waals surface area contributed by atoms with Crippen molar-refractivity contribution < 1.29 is 4.52 Å². The second kappa shape index (κ2) is 9.97. The van der Waals surface area contributed by atoms with Gasteiger partial charge in [-0.2, -0.15) is 0 Å². The highest BCUT2D eigenvalue weighted by atomic mass is 127. The molecule has 0 aliphatic rings. The van der Waals surface area contributed by atoms with Crippen LogP contribution >= 0.6 is 35.3 Å². The summed E-state index contributed by atoms with van der Waals surface area (Å²) in [5.74, 6) is 1.73. The number of nitrogens with one attached hydrogen (secondary N) is 2. The van der Waals surface area contributed by atoms with E-state index in [1.54, 1.807) is 18.4 Å². The number of thiazole rings is 1. The summed E-state index contributed by atoms with van der Waals surface area (Å²) >= 11 is 1.72. The first kappa shape index (κ1) is 20.9. The molecule has 0 fully saturated rings. The summed E-state index contributed by atoms with van der Waals surface area (Å²) < 4.78 is 5.18. The molecule has 0 aliphatic heterocycles. The quantitative estimate of drug-likeness (QED) is 0.298. The third-order valence-corrected chi connectivity index (χ3v) is 4.79. The van der Waals surface area contributed by atoms with Crippen LogP contribution in [-0.4, -0.2) is 29.7 Å². The van der Waals surface area contributed by atoms with Crippen LogP contribution in [0, 0.1) is 27.7 Å². The molecule has 2 N–H and O–H groups in total. The fourth-order valence-corrected chi connectivity index (χ4v) is 3.33. The van der Waals surface area contributed by atoms with Gasteiger partial charge in [0.2, 0.25) is 0 Å². The van der Waals surface area contributed by atoms with Crippen molar-refractivity contribution in [3.63, 3.8) is 0 Å². The molecule has 2 aromatic heterocycles. The van der Waals surface area contributed by atoms with Gasteiger partial charge >= 0.3 is 0 Å². The fourth-order valence-electron chi connectivity index (χ4n) is 2.45. The molecule has 8 heteroatoms. The van der Waals surface area contributed by atoms with E-state index in [-0.39, 0.29) is 24.0 Å². The van der Waals surface area contributed by atoms with Gasteiger partial charge in [-0.3, -0.25) is 4.99 Å². The molecule has 2 rings (SSSR count). The van der Waals surface area contributed by atoms with Crippen molar-refractivity contribution in [3.8, 4) is 0 Å². The SMILES string of the molecule is CN=C(NCCCc1c(C)noc1C)NCc1sc(C)nc1C.I. The number of halogens is 1. The van der Waals surface area contributed by atoms with Crippen LogP contribution in [-0.2, 0) is 13.0 Å². The molecule has 0 atom stereocenters. The molecule has 0 bridgehead atoms. The molecule has 0 spiro atoms. The van der Waals surface area contributed by atoms with E-state index in [0.717, 1.165) is 54.0 Å². The van der Waals surface area contributed by atoms with Gasteiger partial charge in [0.1, 0.15) is 5.76 Å². The highest BCUT2D eigenvalue weighted by Gasteiger charge is 2.09. The van der Waals surface area contributed by atoms with Crippen LogP contribution in [0.4, 0.5) is 0 Å². The van der Waals surface area contributed by atoms with E-state index in [1.807, 2.05) is 27.7 Å². The smallest absolute Gasteiger partial charge is 0.191 e. The molecule has 0 unspecified atom stereocenters. The summed E-state index contributed by atoms with van der Waals surface area (Å²) in [6.07, 6.45) is 1.96. The predicted molar refractivity (Wildman–Crippen MR) is 110 cm³/mol. The Bertz CT molecular complexity index is 661. The number of aromatic nitrogens is 2. The highest BCUT2D eigenvalue weighted by molar-refractivity contribution is 14.0. The largest absolute Gasteiger partial charge is 0.361 e. The molecule has 0 radical (unpaired) electrons. The summed E-state index contributed by atoms with van der Waals surface area (Å²) in [4.78, 5) is 9.95. The minimum Gasteiger partial charge on any atom is -0.361 e. The van der Waals surface area contributed by atoms with Crippen molar-refractivity contribution in [2.24, 2.45) is 4.99 Å². The number of aryl methyl sites for hydroxylation is 4. The Kier molecular flexibility index (Phi) is 8.68. The monoisotopic (exact) mass is 463 g/mol. The van der Waals surface area contributed by atoms with Gasteiger partial charge in [-0.1, -0.05) is 5.16 Å². The zero-order valence-electron chi connectivity index (χ0n) is 14.9. The molecule has 0 saturated carbocycles. The van der Waals surface area contributed by atoms with E-state index in [9.17, 15) is 0 Å². The molecule has 0 aromatic carbocycles. The van der Waals surface area contributed by atoms with Crippen molar-refractivity contribution in [2.75, 3.05) is 13.6 Å². The van der Waals surface area contributed by atoms with Gasteiger partial charge in [0, 0.05) is 24.0 Å². The number of guanidine groups is 1. The van der Waals surface area contributed by atoms with E-state index in [2.05, 4.69) is 25.8 Å². The molecule has 0 saturated heterocycles. The lowest BCUT2D eigenvalue weighted by Crippen LogP contribution is -2.37. The maximum absolute atomic E-state index is 5.18. The lowest BCUT2D eigenvalue weighted by molar-refractivity contribution is 0.392. The molecule has 134 valence electrons. The summed E-state index contributed by atoms with van der Waals surface area (Å²) in [5, 5.41) is 11.8. The molecule has 2 heterocycles. The first-order valence-corrected chi connectivity index (χ1v) is 8.62. The second-order valence-electron chi connectivity index (χ2n) is 5.50. The van der Waals surface area contributed by atoms with Gasteiger partial charge in [-0.05, 0) is 40.5 Å². The van der Waals surface area contributed by atoms with Gasteiger partial charge in [-0.25, -0.2) is 4.98 Å². The Morgan fingerprint density at radius 3 is 2.46 bits per heavy atom. The van der Waals surface area contributed by atoms with Gasteiger partial charge in [-0.15, -0.1) is 35.3 Å². The first-order valence-electron chi connectivity index (χ1n) is 7.80. The summed E-state index contributed by atoms with van der Waals surface area (Å²) in [6.45, 7) is 9.62. The molecule has 0 aliphatic carbocycles. The molecular weight excluding hydrogens is 437 g/mol. The summed E-state index contributed by atoms with van der Waals surface area (Å²) in [7, 11) is 1.79. The van der Waals surface area contributed by atoms with E-state index < -0.39 is 0 Å². The predicted octanol–water partition coefficient (Wildman–Crippen LogP) is 3.28. The Labute approximate surface area is 164 Å². The Morgan fingerprint density at radius 1 is 1.17 bits per heavy atom.